The fraction of sp³-hybridized carbons (Fsp3) is 0.423. The van der Waals surface area contributed by atoms with Gasteiger partial charge in [0.2, 0.25) is 17.5 Å². The van der Waals surface area contributed by atoms with E-state index in [9.17, 15) is 10.1 Å². The molecule has 1 saturated carbocycles. The Morgan fingerprint density at radius 1 is 1.15 bits per heavy atom. The maximum absolute atomic E-state index is 12.9. The zero-order chi connectivity index (χ0) is 23.3. The predicted octanol–water partition coefficient (Wildman–Crippen LogP) is 4.66. The van der Waals surface area contributed by atoms with Crippen molar-refractivity contribution in [3.63, 3.8) is 0 Å². The molecular formula is C26H28N4O4. The molecule has 3 heterocycles. The van der Waals surface area contributed by atoms with Gasteiger partial charge in [-0.25, -0.2) is 0 Å². The standard InChI is InChI=1S/C26H28N4O4/c27-16-21-26(34-25(29-21)23-10-5-15-32-23)30-13-11-18(12-14-30)24(31)28-17-19-6-1-4-9-22(19)33-20-7-2-3-8-20/h1,4-6,9-10,15,18,20H,2-3,7-8,11-14,17H2,(H,28,31). The summed E-state index contributed by atoms with van der Waals surface area (Å²) in [6, 6.07) is 13.5. The van der Waals surface area contributed by atoms with Crippen LogP contribution in [0.25, 0.3) is 11.7 Å². The highest BCUT2D eigenvalue weighted by molar-refractivity contribution is 5.79. The number of benzene rings is 1. The number of ether oxygens (including phenoxy) is 1. The fourth-order valence-electron chi connectivity index (χ4n) is 4.73. The van der Waals surface area contributed by atoms with Gasteiger partial charge in [-0.1, -0.05) is 18.2 Å². The minimum Gasteiger partial charge on any atom is -0.490 e. The van der Waals surface area contributed by atoms with Crippen molar-refractivity contribution < 1.29 is 18.4 Å². The Morgan fingerprint density at radius 3 is 2.68 bits per heavy atom. The largest absolute Gasteiger partial charge is 0.490 e. The number of aromatic nitrogens is 1. The summed E-state index contributed by atoms with van der Waals surface area (Å²) in [5.41, 5.74) is 1.24. The lowest BCUT2D eigenvalue weighted by atomic mass is 9.96. The fourth-order valence-corrected chi connectivity index (χ4v) is 4.73. The van der Waals surface area contributed by atoms with E-state index in [1.54, 1.807) is 12.1 Å². The molecule has 8 heteroatoms. The Labute approximate surface area is 198 Å². The van der Waals surface area contributed by atoms with Crippen LogP contribution in [-0.2, 0) is 11.3 Å². The van der Waals surface area contributed by atoms with E-state index in [0.717, 1.165) is 24.2 Å². The number of amides is 1. The normalized spacial score (nSPS) is 17.0. The molecule has 5 rings (SSSR count). The molecule has 0 unspecified atom stereocenters. The molecule has 1 amide bonds. The lowest BCUT2D eigenvalue weighted by Crippen LogP contribution is -2.40. The van der Waals surface area contributed by atoms with Gasteiger partial charge in [0.15, 0.2) is 5.76 Å². The van der Waals surface area contributed by atoms with Gasteiger partial charge in [-0.05, 0) is 56.7 Å². The lowest BCUT2D eigenvalue weighted by molar-refractivity contribution is -0.125. The quantitative estimate of drug-likeness (QED) is 0.547. The third-order valence-electron chi connectivity index (χ3n) is 6.62. The Hall–Kier alpha value is -3.73. The number of furan rings is 1. The molecule has 2 aliphatic rings. The Balaban J connectivity index is 1.16. The van der Waals surface area contributed by atoms with Gasteiger partial charge < -0.3 is 23.8 Å². The van der Waals surface area contributed by atoms with E-state index in [1.807, 2.05) is 29.2 Å². The Bertz CT molecular complexity index is 1150. The average Bonchev–Trinajstić information content (AvgIpc) is 3.65. The highest BCUT2D eigenvalue weighted by Gasteiger charge is 2.29. The Kier molecular flexibility index (Phi) is 6.52. The monoisotopic (exact) mass is 460 g/mol. The molecule has 0 radical (unpaired) electrons. The maximum Gasteiger partial charge on any atom is 0.266 e. The number of rotatable bonds is 7. The molecule has 2 aromatic heterocycles. The van der Waals surface area contributed by atoms with E-state index in [1.165, 1.54) is 19.1 Å². The first kappa shape index (κ1) is 22.1. The van der Waals surface area contributed by atoms with E-state index in [4.69, 9.17) is 13.6 Å². The van der Waals surface area contributed by atoms with Gasteiger partial charge in [-0.15, -0.1) is 0 Å². The van der Waals surface area contributed by atoms with E-state index in [2.05, 4.69) is 16.4 Å². The number of nitrogens with zero attached hydrogens (tertiary/aromatic N) is 3. The minimum absolute atomic E-state index is 0.0460. The summed E-state index contributed by atoms with van der Waals surface area (Å²) < 4.78 is 17.4. The van der Waals surface area contributed by atoms with Gasteiger partial charge in [0, 0.05) is 31.1 Å². The number of carbonyl (C=O) groups is 1. The molecule has 1 aliphatic heterocycles. The number of para-hydroxylation sites is 1. The van der Waals surface area contributed by atoms with Gasteiger partial charge in [-0.3, -0.25) is 4.79 Å². The second-order valence-corrected chi connectivity index (χ2v) is 8.87. The molecule has 0 atom stereocenters. The number of carbonyl (C=O) groups excluding carboxylic acids is 1. The van der Waals surface area contributed by atoms with Crippen LogP contribution in [-0.4, -0.2) is 30.1 Å². The summed E-state index contributed by atoms with van der Waals surface area (Å²) in [6.45, 7) is 1.68. The van der Waals surface area contributed by atoms with Gasteiger partial charge in [0.1, 0.15) is 11.8 Å². The molecule has 34 heavy (non-hydrogen) atoms. The number of nitriles is 1. The van der Waals surface area contributed by atoms with Crippen molar-refractivity contribution in [2.24, 2.45) is 5.92 Å². The summed E-state index contributed by atoms with van der Waals surface area (Å²) >= 11 is 0. The number of oxazole rings is 1. The second-order valence-electron chi connectivity index (χ2n) is 8.87. The van der Waals surface area contributed by atoms with Crippen LogP contribution in [0.15, 0.2) is 51.5 Å². The first-order valence-corrected chi connectivity index (χ1v) is 11.9. The topological polar surface area (TPSA) is 105 Å². The smallest absolute Gasteiger partial charge is 0.266 e. The Morgan fingerprint density at radius 2 is 1.94 bits per heavy atom. The van der Waals surface area contributed by atoms with Crippen LogP contribution in [0.2, 0.25) is 0 Å². The number of hydrogen-bond donors (Lipinski definition) is 1. The van der Waals surface area contributed by atoms with Crippen LogP contribution < -0.4 is 15.0 Å². The highest BCUT2D eigenvalue weighted by atomic mass is 16.5. The lowest BCUT2D eigenvalue weighted by Gasteiger charge is -2.31. The van der Waals surface area contributed by atoms with Gasteiger partial charge >= 0.3 is 0 Å². The molecule has 8 nitrogen and oxygen atoms in total. The predicted molar refractivity (Wildman–Crippen MR) is 125 cm³/mol. The van der Waals surface area contributed by atoms with Crippen molar-refractivity contribution in [1.82, 2.24) is 10.3 Å². The van der Waals surface area contributed by atoms with Gasteiger partial charge in [0.05, 0.1) is 12.4 Å². The maximum atomic E-state index is 12.9. The van der Waals surface area contributed by atoms with Crippen molar-refractivity contribution in [1.29, 1.82) is 5.26 Å². The van der Waals surface area contributed by atoms with Crippen LogP contribution in [0, 0.1) is 17.2 Å². The van der Waals surface area contributed by atoms with Crippen molar-refractivity contribution in [2.45, 2.75) is 51.2 Å². The van der Waals surface area contributed by atoms with Crippen LogP contribution in [0.5, 0.6) is 5.75 Å². The summed E-state index contributed by atoms with van der Waals surface area (Å²) in [6.07, 6.45) is 7.80. The highest BCUT2D eigenvalue weighted by Crippen LogP contribution is 2.31. The molecule has 2 fully saturated rings. The molecule has 176 valence electrons. The number of nitrogens with one attached hydrogen (secondary N) is 1. The van der Waals surface area contributed by atoms with Crippen molar-refractivity contribution in [2.75, 3.05) is 18.0 Å². The van der Waals surface area contributed by atoms with Crippen LogP contribution in [0.4, 0.5) is 5.88 Å². The molecule has 1 aliphatic carbocycles. The SMILES string of the molecule is N#Cc1nc(-c2ccco2)oc1N1CCC(C(=O)NCc2ccccc2OC2CCCC2)CC1. The van der Waals surface area contributed by atoms with Crippen LogP contribution >= 0.6 is 0 Å². The van der Waals surface area contributed by atoms with Crippen LogP contribution in [0.3, 0.4) is 0 Å². The average molecular weight is 461 g/mol. The van der Waals surface area contributed by atoms with E-state index < -0.39 is 0 Å². The second kappa shape index (κ2) is 10.0. The molecule has 1 N–H and O–H groups in total. The van der Waals surface area contributed by atoms with Crippen molar-refractivity contribution >= 4 is 11.8 Å². The minimum atomic E-state index is -0.0860. The number of piperidine rings is 1. The van der Waals surface area contributed by atoms with Gasteiger partial charge in [0.25, 0.3) is 5.89 Å². The molecular weight excluding hydrogens is 432 g/mol. The molecule has 3 aromatic rings. The molecule has 0 spiro atoms. The summed E-state index contributed by atoms with van der Waals surface area (Å²) in [7, 11) is 0. The third kappa shape index (κ3) is 4.79. The summed E-state index contributed by atoms with van der Waals surface area (Å²) in [5.74, 6) is 2.03. The summed E-state index contributed by atoms with van der Waals surface area (Å²) in [5, 5.41) is 12.6. The van der Waals surface area contributed by atoms with E-state index >= 15 is 0 Å². The summed E-state index contributed by atoms with van der Waals surface area (Å²) in [4.78, 5) is 19.1. The molecule has 1 saturated heterocycles. The van der Waals surface area contributed by atoms with Crippen molar-refractivity contribution in [3.05, 3.63) is 53.9 Å². The first-order valence-electron chi connectivity index (χ1n) is 11.9. The van der Waals surface area contributed by atoms with E-state index in [0.29, 0.717) is 44.1 Å². The molecule has 0 bridgehead atoms. The van der Waals surface area contributed by atoms with Crippen LogP contribution in [0.1, 0.15) is 49.8 Å². The number of anilines is 1. The first-order chi connectivity index (χ1) is 16.7. The molecule has 1 aromatic carbocycles. The zero-order valence-electron chi connectivity index (χ0n) is 19.0. The zero-order valence-corrected chi connectivity index (χ0v) is 19.0. The van der Waals surface area contributed by atoms with Crippen molar-refractivity contribution in [3.8, 4) is 23.5 Å². The van der Waals surface area contributed by atoms with Gasteiger partial charge in [-0.2, -0.15) is 10.2 Å². The van der Waals surface area contributed by atoms with E-state index in [-0.39, 0.29) is 29.5 Å². The number of hydrogen-bond acceptors (Lipinski definition) is 7. The third-order valence-corrected chi connectivity index (χ3v) is 6.62.